The third-order valence-electron chi connectivity index (χ3n) is 5.49. The van der Waals surface area contributed by atoms with E-state index in [1.807, 2.05) is 0 Å². The summed E-state index contributed by atoms with van der Waals surface area (Å²) in [6, 6.07) is 3.81. The molecule has 2 fully saturated rings. The summed E-state index contributed by atoms with van der Waals surface area (Å²) in [5.74, 6) is -0.412. The van der Waals surface area contributed by atoms with Gasteiger partial charge in [-0.25, -0.2) is 4.79 Å². The molecule has 0 unspecified atom stereocenters. The molecule has 140 valence electrons. The van der Waals surface area contributed by atoms with E-state index < -0.39 is 16.3 Å². The highest BCUT2D eigenvalue weighted by atomic mass is 16.6. The van der Waals surface area contributed by atoms with Gasteiger partial charge in [0.25, 0.3) is 5.69 Å². The Kier molecular flexibility index (Phi) is 4.71. The maximum absolute atomic E-state index is 12.5. The number of nitro groups is 1. The number of carbonyl (C=O) groups is 2. The average molecular weight is 363 g/mol. The quantitative estimate of drug-likeness (QED) is 0.609. The monoisotopic (exact) mass is 363 g/mol. The highest BCUT2D eigenvalue weighted by Crippen LogP contribution is 2.48. The summed E-state index contributed by atoms with van der Waals surface area (Å²) in [6.07, 6.45) is 2.28. The molecular weight excluding hydrogens is 342 g/mol. The molecule has 3 rings (SSSR count). The minimum Gasteiger partial charge on any atom is -0.496 e. The van der Waals surface area contributed by atoms with Crippen molar-refractivity contribution in [2.75, 3.05) is 20.2 Å². The van der Waals surface area contributed by atoms with E-state index in [-0.39, 0.29) is 30.7 Å². The number of non-ortho nitro benzene ring substituents is 1. The van der Waals surface area contributed by atoms with Crippen LogP contribution in [0.4, 0.5) is 10.5 Å². The molecule has 0 radical (unpaired) electrons. The normalized spacial score (nSPS) is 24.2. The smallest absolute Gasteiger partial charge is 0.317 e. The maximum atomic E-state index is 12.5. The second kappa shape index (κ2) is 6.81. The number of benzene rings is 1. The first-order valence-corrected chi connectivity index (χ1v) is 8.45. The van der Waals surface area contributed by atoms with Gasteiger partial charge < -0.3 is 20.1 Å². The number of carboxylic acids is 1. The molecule has 2 amide bonds. The molecule has 9 nitrogen and oxygen atoms in total. The third-order valence-corrected chi connectivity index (χ3v) is 5.49. The number of amides is 2. The first-order valence-electron chi connectivity index (χ1n) is 8.45. The van der Waals surface area contributed by atoms with Crippen LogP contribution in [-0.2, 0) is 11.3 Å². The van der Waals surface area contributed by atoms with Crippen LogP contribution < -0.4 is 10.1 Å². The predicted molar refractivity (Wildman–Crippen MR) is 90.9 cm³/mol. The Hall–Kier alpha value is -2.84. The number of nitrogens with zero attached hydrogens (tertiary/aromatic N) is 2. The summed E-state index contributed by atoms with van der Waals surface area (Å²) in [4.78, 5) is 36.1. The number of carbonyl (C=O) groups excluding carboxylic acids is 1. The van der Waals surface area contributed by atoms with Crippen molar-refractivity contribution in [3.8, 4) is 5.75 Å². The molecular formula is C17H21N3O6. The van der Waals surface area contributed by atoms with Crippen molar-refractivity contribution >= 4 is 17.7 Å². The van der Waals surface area contributed by atoms with Crippen LogP contribution in [-0.4, -0.2) is 47.1 Å². The number of fused-ring (bicyclic) bond motifs is 1. The number of nitrogens with one attached hydrogen (secondary N) is 1. The maximum Gasteiger partial charge on any atom is 0.317 e. The van der Waals surface area contributed by atoms with Crippen LogP contribution in [0.5, 0.6) is 5.75 Å². The molecule has 1 saturated carbocycles. The highest BCUT2D eigenvalue weighted by Gasteiger charge is 2.55. The number of ether oxygens (including phenoxy) is 1. The second-order valence-corrected chi connectivity index (χ2v) is 6.84. The number of nitro benzene ring substituents is 1. The zero-order valence-corrected chi connectivity index (χ0v) is 14.4. The van der Waals surface area contributed by atoms with Gasteiger partial charge in [0.1, 0.15) is 5.75 Å². The fourth-order valence-electron chi connectivity index (χ4n) is 4.09. The molecule has 2 N–H and O–H groups in total. The van der Waals surface area contributed by atoms with Crippen molar-refractivity contribution in [1.82, 2.24) is 10.2 Å². The van der Waals surface area contributed by atoms with Gasteiger partial charge in [-0.15, -0.1) is 0 Å². The number of aliphatic carboxylic acids is 1. The number of likely N-dealkylation sites (tertiary alicyclic amines) is 1. The Balaban J connectivity index is 1.68. The average Bonchev–Trinajstić information content (AvgIpc) is 3.17. The van der Waals surface area contributed by atoms with Crippen LogP contribution in [0.3, 0.4) is 0 Å². The number of rotatable bonds is 5. The van der Waals surface area contributed by atoms with Gasteiger partial charge in [0, 0.05) is 37.3 Å². The lowest BCUT2D eigenvalue weighted by Gasteiger charge is -2.23. The van der Waals surface area contributed by atoms with Crippen LogP contribution in [0, 0.1) is 21.4 Å². The van der Waals surface area contributed by atoms with E-state index in [4.69, 9.17) is 4.74 Å². The Labute approximate surface area is 150 Å². The summed E-state index contributed by atoms with van der Waals surface area (Å²) >= 11 is 0. The van der Waals surface area contributed by atoms with Gasteiger partial charge in [-0.05, 0) is 24.8 Å². The lowest BCUT2D eigenvalue weighted by molar-refractivity contribution is -0.384. The van der Waals surface area contributed by atoms with Gasteiger partial charge in [0.2, 0.25) is 0 Å². The van der Waals surface area contributed by atoms with E-state index >= 15 is 0 Å². The molecule has 0 bridgehead atoms. The van der Waals surface area contributed by atoms with Gasteiger partial charge in [-0.2, -0.15) is 0 Å². The van der Waals surface area contributed by atoms with Gasteiger partial charge in [0.05, 0.1) is 17.4 Å². The standard InChI is InChI=1S/C17H21N3O6/c1-26-14-5-4-13(20(24)25)7-11(14)8-18-16(23)19-9-12-3-2-6-17(12,10-19)15(21)22/h4-5,7,12H,2-3,6,8-10H2,1H3,(H,18,23)(H,21,22)/t12-,17+/m0/s1. The number of urea groups is 1. The summed E-state index contributed by atoms with van der Waals surface area (Å²) in [5, 5.41) is 23.2. The van der Waals surface area contributed by atoms with Crippen molar-refractivity contribution in [2.45, 2.75) is 25.8 Å². The largest absolute Gasteiger partial charge is 0.496 e. The van der Waals surface area contributed by atoms with Crippen LogP contribution in [0.25, 0.3) is 0 Å². The first kappa shape index (κ1) is 18.0. The van der Waals surface area contributed by atoms with Crippen LogP contribution in [0.1, 0.15) is 24.8 Å². The van der Waals surface area contributed by atoms with Crippen molar-refractivity contribution in [3.05, 3.63) is 33.9 Å². The SMILES string of the molecule is COc1ccc([N+](=O)[O-])cc1CNC(=O)N1C[C@@H]2CCC[C@@]2(C(=O)O)C1. The van der Waals surface area contributed by atoms with Crippen molar-refractivity contribution in [3.63, 3.8) is 0 Å². The lowest BCUT2D eigenvalue weighted by Crippen LogP contribution is -2.41. The molecule has 2 aliphatic rings. The fraction of sp³-hybridized carbons (Fsp3) is 0.529. The Morgan fingerprint density at radius 2 is 2.27 bits per heavy atom. The van der Waals surface area contributed by atoms with Gasteiger partial charge in [0.15, 0.2) is 0 Å². The van der Waals surface area contributed by atoms with Crippen LogP contribution in [0.15, 0.2) is 18.2 Å². The molecule has 1 saturated heterocycles. The van der Waals surface area contributed by atoms with Crippen molar-refractivity contribution in [2.24, 2.45) is 11.3 Å². The number of hydrogen-bond donors (Lipinski definition) is 2. The van der Waals surface area contributed by atoms with Crippen molar-refractivity contribution < 1.29 is 24.4 Å². The molecule has 9 heteroatoms. The van der Waals surface area contributed by atoms with Crippen LogP contribution >= 0.6 is 0 Å². The molecule has 2 atom stereocenters. The summed E-state index contributed by atoms with van der Waals surface area (Å²) in [7, 11) is 1.45. The summed E-state index contributed by atoms with van der Waals surface area (Å²) in [5.41, 5.74) is -0.432. The Morgan fingerprint density at radius 3 is 2.88 bits per heavy atom. The van der Waals surface area contributed by atoms with E-state index in [1.54, 1.807) is 0 Å². The van der Waals surface area contributed by atoms with Gasteiger partial charge >= 0.3 is 12.0 Å². The minimum absolute atomic E-state index is 0.0156. The molecule has 1 aliphatic heterocycles. The number of methoxy groups -OCH3 is 1. The molecule has 26 heavy (non-hydrogen) atoms. The molecule has 1 heterocycles. The fourth-order valence-corrected chi connectivity index (χ4v) is 4.09. The van der Waals surface area contributed by atoms with Crippen molar-refractivity contribution in [1.29, 1.82) is 0 Å². The highest BCUT2D eigenvalue weighted by molar-refractivity contribution is 5.80. The topological polar surface area (TPSA) is 122 Å². The zero-order chi connectivity index (χ0) is 18.9. The van der Waals surface area contributed by atoms with E-state index in [0.29, 0.717) is 24.3 Å². The van der Waals surface area contributed by atoms with Gasteiger partial charge in [-0.3, -0.25) is 14.9 Å². The zero-order valence-electron chi connectivity index (χ0n) is 14.4. The third kappa shape index (κ3) is 3.04. The Bertz CT molecular complexity index is 752. The van der Waals surface area contributed by atoms with E-state index in [2.05, 4.69) is 5.32 Å². The molecule has 1 aromatic carbocycles. The number of hydrogen-bond acceptors (Lipinski definition) is 5. The number of carboxylic acid groups (broad SMARTS) is 1. The Morgan fingerprint density at radius 1 is 1.50 bits per heavy atom. The lowest BCUT2D eigenvalue weighted by atomic mass is 9.81. The molecule has 0 spiro atoms. The van der Waals surface area contributed by atoms with E-state index in [9.17, 15) is 24.8 Å². The second-order valence-electron chi connectivity index (χ2n) is 6.84. The molecule has 0 aromatic heterocycles. The predicted octanol–water partition coefficient (Wildman–Crippen LogP) is 2.00. The van der Waals surface area contributed by atoms with Gasteiger partial charge in [-0.1, -0.05) is 6.42 Å². The summed E-state index contributed by atoms with van der Waals surface area (Å²) < 4.78 is 5.18. The molecule has 1 aliphatic carbocycles. The van der Waals surface area contributed by atoms with Crippen LogP contribution in [0.2, 0.25) is 0 Å². The molecule has 1 aromatic rings. The summed E-state index contributed by atoms with van der Waals surface area (Å²) in [6.45, 7) is 0.681. The van der Waals surface area contributed by atoms with E-state index in [1.165, 1.54) is 30.2 Å². The first-order chi connectivity index (χ1) is 12.4. The van der Waals surface area contributed by atoms with E-state index in [0.717, 1.165) is 12.8 Å². The minimum atomic E-state index is -0.837.